The molecule has 0 aliphatic rings. The van der Waals surface area contributed by atoms with Gasteiger partial charge in [-0.15, -0.1) is 0 Å². The van der Waals surface area contributed by atoms with Crippen LogP contribution in [0.4, 0.5) is 13.2 Å². The molecule has 0 bridgehead atoms. The monoisotopic (exact) mass is 288 g/mol. The van der Waals surface area contributed by atoms with Gasteiger partial charge >= 0.3 is 12.1 Å². The Hall–Kier alpha value is -1.52. The molecule has 5 heteroatoms. The summed E-state index contributed by atoms with van der Waals surface area (Å²) in [6.07, 6.45) is -4.50. The second-order valence-electron chi connectivity index (χ2n) is 5.78. The molecule has 20 heavy (non-hydrogen) atoms. The van der Waals surface area contributed by atoms with Gasteiger partial charge in [-0.3, -0.25) is 4.79 Å². The number of carbonyl (C=O) groups is 1. The highest BCUT2D eigenvalue weighted by molar-refractivity contribution is 5.71. The Kier molecular flexibility index (Phi) is 4.84. The lowest BCUT2D eigenvalue weighted by Gasteiger charge is -2.22. The van der Waals surface area contributed by atoms with Crippen LogP contribution < -0.4 is 0 Å². The number of alkyl halides is 3. The molecule has 0 saturated heterocycles. The fourth-order valence-electron chi connectivity index (χ4n) is 1.93. The fraction of sp³-hybridized carbons (Fsp3) is 0.533. The Morgan fingerprint density at radius 2 is 1.75 bits per heavy atom. The largest absolute Gasteiger partial charge is 0.460 e. The predicted molar refractivity (Wildman–Crippen MR) is 70.3 cm³/mol. The normalized spacial score (nSPS) is 13.9. The minimum atomic E-state index is -4.42. The summed E-state index contributed by atoms with van der Waals surface area (Å²) < 4.78 is 43.8. The number of hydrogen-bond acceptors (Lipinski definition) is 2. The van der Waals surface area contributed by atoms with E-state index >= 15 is 0 Å². The van der Waals surface area contributed by atoms with Gasteiger partial charge in [0.15, 0.2) is 0 Å². The number of hydrogen-bond donors (Lipinski definition) is 0. The van der Waals surface area contributed by atoms with E-state index < -0.39 is 29.2 Å². The molecule has 0 spiro atoms. The average Bonchev–Trinajstić information content (AvgIpc) is 2.25. The smallest absolute Gasteiger partial charge is 0.416 e. The van der Waals surface area contributed by atoms with Crippen molar-refractivity contribution in [3.05, 3.63) is 35.4 Å². The van der Waals surface area contributed by atoms with Crippen LogP contribution in [0.25, 0.3) is 0 Å². The SMILES string of the molecule is CC(CC(=O)OC(C)(C)C)c1ccccc1C(F)(F)F. The second-order valence-corrected chi connectivity index (χ2v) is 5.78. The van der Waals surface area contributed by atoms with Crippen LogP contribution in [-0.4, -0.2) is 11.6 Å². The molecule has 2 nitrogen and oxygen atoms in total. The lowest BCUT2D eigenvalue weighted by molar-refractivity contribution is -0.155. The number of carbonyl (C=O) groups excluding carboxylic acids is 1. The molecule has 0 amide bonds. The molecule has 112 valence electrons. The molecule has 1 aromatic rings. The highest BCUT2D eigenvalue weighted by Gasteiger charge is 2.34. The van der Waals surface area contributed by atoms with Crippen LogP contribution in [0, 0.1) is 0 Å². The third kappa shape index (κ3) is 4.87. The van der Waals surface area contributed by atoms with Gasteiger partial charge < -0.3 is 4.74 Å². The van der Waals surface area contributed by atoms with Crippen molar-refractivity contribution in [2.24, 2.45) is 0 Å². The maximum atomic E-state index is 12.9. The zero-order valence-corrected chi connectivity index (χ0v) is 12.0. The molecule has 0 heterocycles. The molecule has 0 aliphatic carbocycles. The lowest BCUT2D eigenvalue weighted by Crippen LogP contribution is -2.25. The van der Waals surface area contributed by atoms with E-state index in [1.165, 1.54) is 18.2 Å². The van der Waals surface area contributed by atoms with E-state index in [9.17, 15) is 18.0 Å². The lowest BCUT2D eigenvalue weighted by atomic mass is 9.93. The van der Waals surface area contributed by atoms with Crippen LogP contribution in [0.1, 0.15) is 51.2 Å². The summed E-state index contributed by atoms with van der Waals surface area (Å²) in [4.78, 5) is 11.7. The summed E-state index contributed by atoms with van der Waals surface area (Å²) in [6.45, 7) is 6.76. The first-order chi connectivity index (χ1) is 9.00. The molecule has 1 unspecified atom stereocenters. The Morgan fingerprint density at radius 3 is 2.25 bits per heavy atom. The zero-order chi connectivity index (χ0) is 15.6. The molecular weight excluding hydrogens is 269 g/mol. The van der Waals surface area contributed by atoms with E-state index in [0.29, 0.717) is 0 Å². The summed E-state index contributed by atoms with van der Waals surface area (Å²) in [5.41, 5.74) is -1.22. The highest BCUT2D eigenvalue weighted by atomic mass is 19.4. The van der Waals surface area contributed by atoms with Gasteiger partial charge in [0.05, 0.1) is 12.0 Å². The number of esters is 1. The Balaban J connectivity index is 2.88. The van der Waals surface area contributed by atoms with Gasteiger partial charge in [0, 0.05) is 0 Å². The number of halogens is 3. The third-order valence-electron chi connectivity index (χ3n) is 2.69. The van der Waals surface area contributed by atoms with E-state index in [4.69, 9.17) is 4.74 Å². The summed E-state index contributed by atoms with van der Waals surface area (Å²) in [5, 5.41) is 0. The van der Waals surface area contributed by atoms with Crippen molar-refractivity contribution in [3.63, 3.8) is 0 Å². The van der Waals surface area contributed by atoms with Gasteiger partial charge in [-0.2, -0.15) is 13.2 Å². The van der Waals surface area contributed by atoms with Crippen LogP contribution in [0.3, 0.4) is 0 Å². The number of benzene rings is 1. The number of ether oxygens (including phenoxy) is 1. The minimum absolute atomic E-state index is 0.0790. The molecule has 0 N–H and O–H groups in total. The van der Waals surface area contributed by atoms with Crippen molar-refractivity contribution >= 4 is 5.97 Å². The van der Waals surface area contributed by atoms with Crippen LogP contribution in [0.5, 0.6) is 0 Å². The van der Waals surface area contributed by atoms with Crippen molar-refractivity contribution in [3.8, 4) is 0 Å². The van der Waals surface area contributed by atoms with Crippen molar-refractivity contribution in [1.82, 2.24) is 0 Å². The van der Waals surface area contributed by atoms with E-state index in [2.05, 4.69) is 0 Å². The maximum absolute atomic E-state index is 12.9. The van der Waals surface area contributed by atoms with Crippen LogP contribution in [-0.2, 0) is 15.7 Å². The van der Waals surface area contributed by atoms with Gasteiger partial charge in [-0.25, -0.2) is 0 Å². The predicted octanol–water partition coefficient (Wildman–Crippen LogP) is 4.54. The fourth-order valence-corrected chi connectivity index (χ4v) is 1.93. The molecule has 0 saturated carbocycles. The third-order valence-corrected chi connectivity index (χ3v) is 2.69. The van der Waals surface area contributed by atoms with Crippen molar-refractivity contribution in [2.45, 2.75) is 51.8 Å². The summed E-state index contributed by atoms with van der Waals surface area (Å²) in [5.74, 6) is -1.05. The van der Waals surface area contributed by atoms with E-state index in [1.54, 1.807) is 27.7 Å². The van der Waals surface area contributed by atoms with Crippen LogP contribution >= 0.6 is 0 Å². The van der Waals surface area contributed by atoms with Gasteiger partial charge in [-0.1, -0.05) is 25.1 Å². The molecule has 1 rings (SSSR count). The van der Waals surface area contributed by atoms with Crippen LogP contribution in [0.15, 0.2) is 24.3 Å². The average molecular weight is 288 g/mol. The second kappa shape index (κ2) is 5.85. The van der Waals surface area contributed by atoms with E-state index in [1.807, 2.05) is 0 Å². The Morgan fingerprint density at radius 1 is 1.20 bits per heavy atom. The van der Waals surface area contributed by atoms with Crippen molar-refractivity contribution < 1.29 is 22.7 Å². The Labute approximate surface area is 116 Å². The molecule has 1 atom stereocenters. The van der Waals surface area contributed by atoms with Crippen LogP contribution in [0.2, 0.25) is 0 Å². The van der Waals surface area contributed by atoms with Crippen molar-refractivity contribution in [2.75, 3.05) is 0 Å². The molecule has 0 aliphatic heterocycles. The first kappa shape index (κ1) is 16.5. The van der Waals surface area contributed by atoms with Gasteiger partial charge in [0.2, 0.25) is 0 Å². The van der Waals surface area contributed by atoms with Gasteiger partial charge in [-0.05, 0) is 38.3 Å². The molecule has 1 aromatic carbocycles. The van der Waals surface area contributed by atoms with E-state index in [-0.39, 0.29) is 12.0 Å². The van der Waals surface area contributed by atoms with Gasteiger partial charge in [0.25, 0.3) is 0 Å². The summed E-state index contributed by atoms with van der Waals surface area (Å²) >= 11 is 0. The van der Waals surface area contributed by atoms with E-state index in [0.717, 1.165) is 6.07 Å². The topological polar surface area (TPSA) is 26.3 Å². The maximum Gasteiger partial charge on any atom is 0.416 e. The standard InChI is InChI=1S/C15H19F3O2/c1-10(9-13(19)20-14(2,3)4)11-7-5-6-8-12(11)15(16,17)18/h5-8,10H,9H2,1-4H3. The quantitative estimate of drug-likeness (QED) is 0.763. The molecule has 0 fully saturated rings. The summed E-state index contributed by atoms with van der Waals surface area (Å²) in [7, 11) is 0. The summed E-state index contributed by atoms with van der Waals surface area (Å²) in [6, 6.07) is 5.31. The Bertz CT molecular complexity index is 473. The minimum Gasteiger partial charge on any atom is -0.460 e. The molecule has 0 aromatic heterocycles. The first-order valence-corrected chi connectivity index (χ1v) is 6.38. The zero-order valence-electron chi connectivity index (χ0n) is 12.0. The van der Waals surface area contributed by atoms with Gasteiger partial charge in [0.1, 0.15) is 5.60 Å². The highest BCUT2D eigenvalue weighted by Crippen LogP contribution is 2.36. The van der Waals surface area contributed by atoms with Crippen molar-refractivity contribution in [1.29, 1.82) is 0 Å². The molecule has 0 radical (unpaired) electrons. The molecular formula is C15H19F3O2. The first-order valence-electron chi connectivity index (χ1n) is 6.38. The number of rotatable bonds is 3.